The molecule has 2 saturated heterocycles. The van der Waals surface area contributed by atoms with Gasteiger partial charge in [-0.3, -0.25) is 18.2 Å². The quantitative estimate of drug-likeness (QED) is 0.0131. The number of aliphatic hydroxyl groups is 10. The molecule has 2 aliphatic rings. The summed E-state index contributed by atoms with van der Waals surface area (Å²) in [7, 11) is -9.87. The largest absolute Gasteiger partial charge is 1.00 e. The fourth-order valence-electron chi connectivity index (χ4n) is 6.45. The molecule has 0 radical (unpaired) electrons. The second-order valence-electron chi connectivity index (χ2n) is 15.5. The van der Waals surface area contributed by atoms with Gasteiger partial charge in [0, 0.05) is 0 Å². The number of carbonyl (C=O) groups is 2. The Morgan fingerprint density at radius 3 is 0.969 bits per heavy atom. The van der Waals surface area contributed by atoms with Crippen molar-refractivity contribution in [2.45, 2.75) is 216 Å². The van der Waals surface area contributed by atoms with Crippen molar-refractivity contribution in [3.8, 4) is 0 Å². The minimum absolute atomic E-state index is 0. The maximum atomic E-state index is 12.4. The zero-order chi connectivity index (χ0) is 46.9. The summed E-state index contributed by atoms with van der Waals surface area (Å²) >= 11 is 0. The molecule has 10 N–H and O–H groups in total. The molecule has 64 heavy (non-hydrogen) atoms. The standard InChI is InChI=1S/2C19H37O11P.2Na/c2*1-2-3-4-5-6-7-8-9-10-11-12-28-31(27,19(25)26)30-18(24)16-14(21)13(20)15(22)17(23)29-16;;/h2*13-18,20-24H,2-12H2,1H3,(H,25,26);;/q;;2*+1/p-2/t2*13-,14-,15+,16-,17-,18?,31?;;/m00../s1. The van der Waals surface area contributed by atoms with E-state index in [4.69, 9.17) is 18.5 Å². The second kappa shape index (κ2) is 36.7. The van der Waals surface area contributed by atoms with E-state index in [0.717, 1.165) is 51.4 Å². The van der Waals surface area contributed by atoms with Gasteiger partial charge in [-0.1, -0.05) is 129 Å². The van der Waals surface area contributed by atoms with Crippen LogP contribution in [0, 0.1) is 0 Å². The number of rotatable bonds is 32. The van der Waals surface area contributed by atoms with Crippen LogP contribution < -0.4 is 69.3 Å². The predicted octanol–water partition coefficient (Wildman–Crippen LogP) is -4.80. The summed E-state index contributed by atoms with van der Waals surface area (Å²) in [5.41, 5.74) is -4.38. The summed E-state index contributed by atoms with van der Waals surface area (Å²) < 4.78 is 53.0. The fraction of sp³-hybridized carbons (Fsp3) is 0.947. The number of carbonyl (C=O) groups excluding carboxylic acids is 2. The summed E-state index contributed by atoms with van der Waals surface area (Å²) in [5, 5.41) is 119. The first kappa shape index (κ1) is 66.8. The first-order valence-electron chi connectivity index (χ1n) is 21.7. The molecule has 22 nitrogen and oxygen atoms in total. The van der Waals surface area contributed by atoms with Crippen LogP contribution in [0.5, 0.6) is 0 Å². The average Bonchev–Trinajstić information content (AvgIpc) is 3.22. The molecule has 26 heteroatoms. The summed E-state index contributed by atoms with van der Waals surface area (Å²) in [6, 6.07) is 0. The van der Waals surface area contributed by atoms with Crippen molar-refractivity contribution in [2.24, 2.45) is 0 Å². The SMILES string of the molecule is CCCCCCCCCCCCOP(=O)(OC(O)[C@H]1O[C@H](O)[C@H](O)[C@@H](O)[C@@H]1O)C(=O)[O-].CCCCCCCCCCCCOP(=O)(OC(O)[C@H]1O[C@H](O)[C@H](O)[C@@H](O)[C@@H]1O)C(=O)[O-].[Na+].[Na+]. The van der Waals surface area contributed by atoms with Crippen LogP contribution in [0.15, 0.2) is 0 Å². The van der Waals surface area contributed by atoms with Crippen molar-refractivity contribution >= 4 is 26.6 Å². The normalized spacial score (nSPS) is 28.5. The molecule has 0 saturated carbocycles. The molecule has 4 unspecified atom stereocenters. The van der Waals surface area contributed by atoms with Crippen molar-refractivity contribution in [3.05, 3.63) is 0 Å². The molecular formula is C38H72Na2O22P2. The van der Waals surface area contributed by atoms with E-state index in [2.05, 4.69) is 22.9 Å². The Labute approximate surface area is 420 Å². The van der Waals surface area contributed by atoms with Crippen molar-refractivity contribution in [1.82, 2.24) is 0 Å². The van der Waals surface area contributed by atoms with Crippen LogP contribution >= 0.6 is 15.2 Å². The third-order valence-corrected chi connectivity index (χ3v) is 13.2. The van der Waals surface area contributed by atoms with Crippen molar-refractivity contribution < 1.29 is 167 Å². The summed E-state index contributed by atoms with van der Waals surface area (Å²) in [4.78, 5) is 22.5. The molecule has 0 aliphatic carbocycles. The van der Waals surface area contributed by atoms with Gasteiger partial charge in [0.1, 0.15) is 48.8 Å². The van der Waals surface area contributed by atoms with E-state index < -0.39 is 101 Å². The third-order valence-electron chi connectivity index (χ3n) is 10.3. The number of unbranched alkanes of at least 4 members (excludes halogenated alkanes) is 18. The number of hydrogen-bond acceptors (Lipinski definition) is 22. The maximum Gasteiger partial charge on any atom is 1.00 e. The maximum absolute atomic E-state index is 12.4. The van der Waals surface area contributed by atoms with Gasteiger partial charge < -0.3 is 89.4 Å². The fourth-order valence-corrected chi connectivity index (χ4v) is 8.50. The Morgan fingerprint density at radius 1 is 0.469 bits per heavy atom. The van der Waals surface area contributed by atoms with Gasteiger partial charge in [0.15, 0.2) is 36.6 Å². The van der Waals surface area contributed by atoms with Gasteiger partial charge in [0.25, 0.3) is 0 Å². The number of ether oxygens (including phenoxy) is 2. The molecular weight excluding hydrogens is 916 g/mol. The molecule has 2 heterocycles. The zero-order valence-corrected chi connectivity index (χ0v) is 43.5. The monoisotopic (exact) mass is 988 g/mol. The van der Waals surface area contributed by atoms with Gasteiger partial charge in [0.2, 0.25) is 0 Å². The molecule has 0 aromatic rings. The van der Waals surface area contributed by atoms with E-state index in [1.54, 1.807) is 0 Å². The van der Waals surface area contributed by atoms with Gasteiger partial charge in [-0.2, -0.15) is 0 Å². The molecule has 2 rings (SSSR count). The molecule has 0 amide bonds. The second-order valence-corrected chi connectivity index (χ2v) is 19.1. The average molecular weight is 989 g/mol. The Hall–Kier alpha value is 0.760. The number of carboxylic acid groups (broad SMARTS) is 2. The molecule has 0 aromatic carbocycles. The van der Waals surface area contributed by atoms with Crippen LogP contribution in [-0.2, 0) is 36.7 Å². The first-order valence-corrected chi connectivity index (χ1v) is 24.8. The first-order chi connectivity index (χ1) is 29.3. The Balaban J connectivity index is 0. The Kier molecular flexibility index (Phi) is 38.3. The van der Waals surface area contributed by atoms with Crippen molar-refractivity contribution in [1.29, 1.82) is 0 Å². The number of aliphatic hydroxyl groups excluding tert-OH is 10. The smallest absolute Gasteiger partial charge is 0.538 e. The molecule has 2 fully saturated rings. The molecule has 14 atom stereocenters. The minimum atomic E-state index is -4.93. The van der Waals surface area contributed by atoms with Crippen molar-refractivity contribution in [2.75, 3.05) is 13.2 Å². The molecule has 368 valence electrons. The summed E-state index contributed by atoms with van der Waals surface area (Å²) in [6.45, 7) is 3.90. The number of hydrogen-bond donors (Lipinski definition) is 10. The van der Waals surface area contributed by atoms with Crippen LogP contribution in [0.25, 0.3) is 0 Å². The van der Waals surface area contributed by atoms with Gasteiger partial charge in [0.05, 0.1) is 13.2 Å². The summed E-state index contributed by atoms with van der Waals surface area (Å²) in [6.07, 6.45) is -3.28. The topological polar surface area (TPSA) is 372 Å². The van der Waals surface area contributed by atoms with E-state index in [1.807, 2.05) is 0 Å². The van der Waals surface area contributed by atoms with Gasteiger partial charge in [-0.15, -0.1) is 0 Å². The van der Waals surface area contributed by atoms with Crippen LogP contribution in [0.1, 0.15) is 142 Å². The van der Waals surface area contributed by atoms with Crippen LogP contribution in [-0.4, -0.2) is 150 Å². The van der Waals surface area contributed by atoms with E-state index in [-0.39, 0.29) is 72.3 Å². The molecule has 2 aliphatic heterocycles. The van der Waals surface area contributed by atoms with E-state index in [1.165, 1.54) is 64.2 Å². The van der Waals surface area contributed by atoms with E-state index in [0.29, 0.717) is 12.8 Å². The molecule has 0 aromatic heterocycles. The minimum Gasteiger partial charge on any atom is -0.538 e. The molecule has 0 bridgehead atoms. The van der Waals surface area contributed by atoms with Gasteiger partial charge in [-0.05, 0) is 12.8 Å². The Morgan fingerprint density at radius 2 is 0.719 bits per heavy atom. The van der Waals surface area contributed by atoms with Crippen LogP contribution in [0.2, 0.25) is 0 Å². The van der Waals surface area contributed by atoms with Gasteiger partial charge in [-0.25, -0.2) is 0 Å². The van der Waals surface area contributed by atoms with E-state index >= 15 is 0 Å². The summed E-state index contributed by atoms with van der Waals surface area (Å²) in [5.74, 6) is 0. The van der Waals surface area contributed by atoms with E-state index in [9.17, 15) is 80.0 Å². The van der Waals surface area contributed by atoms with Gasteiger partial charge >= 0.3 is 74.3 Å². The third kappa shape index (κ3) is 24.5. The zero-order valence-electron chi connectivity index (χ0n) is 37.8. The Bertz CT molecular complexity index is 1230. The van der Waals surface area contributed by atoms with Crippen LogP contribution in [0.4, 0.5) is 9.59 Å². The van der Waals surface area contributed by atoms with Crippen molar-refractivity contribution in [3.63, 3.8) is 0 Å². The predicted molar refractivity (Wildman–Crippen MR) is 214 cm³/mol. The molecule has 0 spiro atoms. The van der Waals surface area contributed by atoms with Crippen LogP contribution in [0.3, 0.4) is 0 Å².